The SMILES string of the molecule is N=NN=C(N)Cc1cc(Oc2ccc(S(=O)(=O)c3ccccc3)cc2C(F)(F)F)cc(C(F)(F)F)c1. The molecule has 0 aliphatic carbocycles. The Balaban J connectivity index is 2.09. The number of rotatable bonds is 7. The number of ether oxygens (including phenoxy) is 1. The average Bonchev–Trinajstić information content (AvgIpc) is 2.78. The normalized spacial score (nSPS) is 12.9. The predicted octanol–water partition coefficient (Wildman–Crippen LogP) is 6.19. The summed E-state index contributed by atoms with van der Waals surface area (Å²) in [5, 5.41) is 5.85. The summed E-state index contributed by atoms with van der Waals surface area (Å²) in [6.45, 7) is 0. The summed E-state index contributed by atoms with van der Waals surface area (Å²) in [6, 6.07) is 10.9. The first-order chi connectivity index (χ1) is 16.7. The topological polar surface area (TPSA) is 118 Å². The van der Waals surface area contributed by atoms with E-state index in [-0.39, 0.29) is 16.3 Å². The molecule has 3 rings (SSSR count). The van der Waals surface area contributed by atoms with Gasteiger partial charge in [-0.25, -0.2) is 8.42 Å². The van der Waals surface area contributed by atoms with Gasteiger partial charge >= 0.3 is 12.4 Å². The highest BCUT2D eigenvalue weighted by Crippen LogP contribution is 2.41. The summed E-state index contributed by atoms with van der Waals surface area (Å²) < 4.78 is 112. The Labute approximate surface area is 200 Å². The van der Waals surface area contributed by atoms with Crippen LogP contribution in [0.3, 0.4) is 0 Å². The predicted molar refractivity (Wildman–Crippen MR) is 115 cm³/mol. The van der Waals surface area contributed by atoms with Crippen molar-refractivity contribution in [2.75, 3.05) is 0 Å². The Morgan fingerprint density at radius 2 is 1.56 bits per heavy atom. The molecule has 3 N–H and O–H groups in total. The molecule has 0 saturated heterocycles. The van der Waals surface area contributed by atoms with Crippen LogP contribution in [0, 0.1) is 5.53 Å². The first kappa shape index (κ1) is 26.7. The third-order valence-electron chi connectivity index (χ3n) is 4.71. The summed E-state index contributed by atoms with van der Waals surface area (Å²) in [5.74, 6) is -1.84. The first-order valence-electron chi connectivity index (χ1n) is 9.81. The summed E-state index contributed by atoms with van der Waals surface area (Å²) >= 11 is 0. The van der Waals surface area contributed by atoms with E-state index in [1.807, 2.05) is 0 Å². The summed E-state index contributed by atoms with van der Waals surface area (Å²) in [4.78, 5) is -0.922. The van der Waals surface area contributed by atoms with Gasteiger partial charge in [-0.3, -0.25) is 0 Å². The number of hydrogen-bond donors (Lipinski definition) is 2. The minimum atomic E-state index is -5.10. The molecule has 0 unspecified atom stereocenters. The van der Waals surface area contributed by atoms with Crippen LogP contribution in [0.1, 0.15) is 16.7 Å². The largest absolute Gasteiger partial charge is 0.457 e. The smallest absolute Gasteiger partial charge is 0.420 e. The molecule has 190 valence electrons. The van der Waals surface area contributed by atoms with E-state index in [0.717, 1.165) is 12.1 Å². The second-order valence-electron chi connectivity index (χ2n) is 7.31. The summed E-state index contributed by atoms with van der Waals surface area (Å²) in [5.41, 5.74) is 9.24. The molecule has 0 bridgehead atoms. The van der Waals surface area contributed by atoms with Crippen LogP contribution in [-0.4, -0.2) is 14.3 Å². The van der Waals surface area contributed by atoms with Gasteiger partial charge < -0.3 is 10.5 Å². The van der Waals surface area contributed by atoms with E-state index in [0.29, 0.717) is 24.3 Å². The third kappa shape index (κ3) is 6.19. The zero-order valence-electron chi connectivity index (χ0n) is 17.9. The van der Waals surface area contributed by atoms with Gasteiger partial charge in [-0.2, -0.15) is 31.9 Å². The van der Waals surface area contributed by atoms with Crippen LogP contribution in [0.2, 0.25) is 0 Å². The molecule has 3 aromatic carbocycles. The zero-order valence-corrected chi connectivity index (χ0v) is 18.7. The van der Waals surface area contributed by atoms with Gasteiger partial charge in [0.25, 0.3) is 0 Å². The molecule has 0 spiro atoms. The van der Waals surface area contributed by atoms with E-state index in [1.54, 1.807) is 0 Å². The van der Waals surface area contributed by atoms with E-state index in [1.165, 1.54) is 30.3 Å². The second kappa shape index (κ2) is 9.97. The van der Waals surface area contributed by atoms with Crippen LogP contribution < -0.4 is 10.5 Å². The number of hydrogen-bond acceptors (Lipinski definition) is 5. The second-order valence-corrected chi connectivity index (χ2v) is 9.26. The summed E-state index contributed by atoms with van der Waals surface area (Å²) in [6.07, 6.45) is -10.4. The van der Waals surface area contributed by atoms with Gasteiger partial charge in [0, 0.05) is 6.42 Å². The van der Waals surface area contributed by atoms with Crippen molar-refractivity contribution < 1.29 is 39.5 Å². The van der Waals surface area contributed by atoms with Crippen molar-refractivity contribution in [3.8, 4) is 11.5 Å². The highest BCUT2D eigenvalue weighted by Gasteiger charge is 2.37. The molecule has 0 heterocycles. The highest BCUT2D eigenvalue weighted by molar-refractivity contribution is 7.91. The van der Waals surface area contributed by atoms with Gasteiger partial charge in [0.1, 0.15) is 17.3 Å². The Morgan fingerprint density at radius 1 is 0.889 bits per heavy atom. The van der Waals surface area contributed by atoms with Gasteiger partial charge in [0.2, 0.25) is 9.84 Å². The molecule has 0 aliphatic heterocycles. The lowest BCUT2D eigenvalue weighted by Crippen LogP contribution is -2.15. The standard InChI is InChI=1S/C22H16F6N4O3S/c23-21(24,25)14-8-13(10-20(29)31-32-30)9-15(11-14)35-19-7-6-17(12-18(19)22(26,27)28)36(33,34)16-4-2-1-3-5-16/h1-9,11-12H,10H2,(H3,29,30,31). The molecule has 3 aromatic rings. The first-order valence-corrected chi connectivity index (χ1v) is 11.3. The average molecular weight is 530 g/mol. The highest BCUT2D eigenvalue weighted by atomic mass is 32.2. The molecular formula is C22H16F6N4O3S. The van der Waals surface area contributed by atoms with Gasteiger partial charge in [0.05, 0.1) is 20.9 Å². The van der Waals surface area contributed by atoms with E-state index in [2.05, 4.69) is 10.3 Å². The molecule has 0 fully saturated rings. The minimum absolute atomic E-state index is 0.124. The van der Waals surface area contributed by atoms with E-state index >= 15 is 0 Å². The van der Waals surface area contributed by atoms with Crippen LogP contribution in [0.15, 0.2) is 86.8 Å². The number of amidine groups is 1. The van der Waals surface area contributed by atoms with E-state index < -0.39 is 56.1 Å². The van der Waals surface area contributed by atoms with Gasteiger partial charge in [-0.05, 0) is 54.1 Å². The number of nitrogens with one attached hydrogen (secondary N) is 1. The monoisotopic (exact) mass is 530 g/mol. The molecular weight excluding hydrogens is 514 g/mol. The van der Waals surface area contributed by atoms with E-state index in [4.69, 9.17) is 16.0 Å². The van der Waals surface area contributed by atoms with E-state index in [9.17, 15) is 34.8 Å². The maximum atomic E-state index is 13.8. The van der Waals surface area contributed by atoms with Crippen molar-refractivity contribution >= 4 is 15.7 Å². The molecule has 36 heavy (non-hydrogen) atoms. The molecule has 0 aromatic heterocycles. The number of halogens is 6. The van der Waals surface area contributed by atoms with Crippen LogP contribution >= 0.6 is 0 Å². The molecule has 0 amide bonds. The minimum Gasteiger partial charge on any atom is -0.457 e. The molecule has 0 atom stereocenters. The molecule has 0 radical (unpaired) electrons. The number of nitrogens with zero attached hydrogens (tertiary/aromatic N) is 2. The number of nitrogens with two attached hydrogens (primary N) is 1. The molecule has 0 aliphatic rings. The van der Waals surface area contributed by atoms with Crippen LogP contribution in [0.25, 0.3) is 0 Å². The fourth-order valence-electron chi connectivity index (χ4n) is 3.14. The number of alkyl halides is 6. The van der Waals surface area contributed by atoms with Crippen molar-refractivity contribution in [2.45, 2.75) is 28.6 Å². The van der Waals surface area contributed by atoms with Crippen LogP contribution in [0.4, 0.5) is 26.3 Å². The fourth-order valence-corrected chi connectivity index (χ4v) is 4.45. The lowest BCUT2D eigenvalue weighted by molar-refractivity contribution is -0.139. The number of sulfone groups is 1. The van der Waals surface area contributed by atoms with Gasteiger partial charge in [-0.1, -0.05) is 23.4 Å². The maximum Gasteiger partial charge on any atom is 0.420 e. The van der Waals surface area contributed by atoms with Crippen molar-refractivity contribution in [1.29, 1.82) is 5.53 Å². The van der Waals surface area contributed by atoms with Crippen molar-refractivity contribution in [3.05, 3.63) is 83.4 Å². The zero-order chi connectivity index (χ0) is 26.7. The fraction of sp³-hybridized carbons (Fsp3) is 0.136. The maximum absolute atomic E-state index is 13.8. The van der Waals surface area contributed by atoms with Crippen LogP contribution in [0.5, 0.6) is 11.5 Å². The Morgan fingerprint density at radius 3 is 2.14 bits per heavy atom. The Bertz CT molecular complexity index is 1410. The van der Waals surface area contributed by atoms with Crippen LogP contribution in [-0.2, 0) is 28.6 Å². The third-order valence-corrected chi connectivity index (χ3v) is 6.47. The summed E-state index contributed by atoms with van der Waals surface area (Å²) in [7, 11) is -4.32. The number of benzene rings is 3. The van der Waals surface area contributed by atoms with Gasteiger partial charge in [0.15, 0.2) is 0 Å². The van der Waals surface area contributed by atoms with Crippen molar-refractivity contribution in [2.24, 2.45) is 16.1 Å². The molecule has 14 heteroatoms. The molecule has 0 saturated carbocycles. The van der Waals surface area contributed by atoms with Crippen molar-refractivity contribution in [3.63, 3.8) is 0 Å². The molecule has 7 nitrogen and oxygen atoms in total. The lowest BCUT2D eigenvalue weighted by Gasteiger charge is -2.17. The van der Waals surface area contributed by atoms with Gasteiger partial charge in [-0.15, -0.1) is 5.10 Å². The Kier molecular flexibility index (Phi) is 7.38. The Hall–Kier alpha value is -3.94. The lowest BCUT2D eigenvalue weighted by atomic mass is 10.1. The van der Waals surface area contributed by atoms with Crippen molar-refractivity contribution in [1.82, 2.24) is 0 Å². The quantitative estimate of drug-likeness (QED) is 0.124.